The molecule has 2 aromatic rings. The Morgan fingerprint density at radius 2 is 1.97 bits per heavy atom. The predicted molar refractivity (Wildman–Crippen MR) is 117 cm³/mol. The maximum absolute atomic E-state index is 13.9. The van der Waals surface area contributed by atoms with Gasteiger partial charge in [0, 0.05) is 11.1 Å². The van der Waals surface area contributed by atoms with Crippen molar-refractivity contribution < 1.29 is 13.9 Å². The molecular formula is C22H19FN4O2S. The van der Waals surface area contributed by atoms with Crippen LogP contribution in [0.5, 0.6) is 5.75 Å². The number of nitrogens with zero attached hydrogens (tertiary/aromatic N) is 3. The zero-order chi connectivity index (χ0) is 21.1. The van der Waals surface area contributed by atoms with Crippen molar-refractivity contribution in [2.75, 3.05) is 0 Å². The molecule has 1 amide bonds. The number of thioether (sulfide) groups is 1. The van der Waals surface area contributed by atoms with Gasteiger partial charge >= 0.3 is 0 Å². The minimum absolute atomic E-state index is 0.0208. The number of nitrogens with one attached hydrogen (secondary N) is 1. The number of benzene rings is 2. The molecule has 0 aliphatic carbocycles. The van der Waals surface area contributed by atoms with Gasteiger partial charge in [-0.3, -0.25) is 10.2 Å². The fourth-order valence-electron chi connectivity index (χ4n) is 3.00. The second-order valence-corrected chi connectivity index (χ2v) is 7.72. The number of hydrazone groups is 1. The summed E-state index contributed by atoms with van der Waals surface area (Å²) in [6.07, 6.45) is 3.26. The molecule has 152 valence electrons. The van der Waals surface area contributed by atoms with Gasteiger partial charge in [-0.1, -0.05) is 43.3 Å². The predicted octanol–water partition coefficient (Wildman–Crippen LogP) is 4.82. The molecule has 0 radical (unpaired) electrons. The number of halogens is 1. The van der Waals surface area contributed by atoms with Gasteiger partial charge in [0.25, 0.3) is 5.91 Å². The van der Waals surface area contributed by atoms with Gasteiger partial charge in [0.2, 0.25) is 5.17 Å². The summed E-state index contributed by atoms with van der Waals surface area (Å²) in [7, 11) is 0. The SMILES string of the molecule is CCCC1=NN2C(=N)/C(=C\c3ccccc3OCc3ccccc3F)C(=O)N=C2S1. The van der Waals surface area contributed by atoms with Gasteiger partial charge in [-0.25, -0.2) is 4.39 Å². The van der Waals surface area contributed by atoms with Gasteiger partial charge in [0.05, 0.1) is 5.57 Å². The minimum atomic E-state index is -0.490. The average Bonchev–Trinajstić information content (AvgIpc) is 3.14. The average molecular weight is 422 g/mol. The highest BCUT2D eigenvalue weighted by molar-refractivity contribution is 8.26. The number of carbonyl (C=O) groups is 1. The van der Waals surface area contributed by atoms with Crippen LogP contribution < -0.4 is 4.74 Å². The molecule has 0 fully saturated rings. The van der Waals surface area contributed by atoms with Gasteiger partial charge in [0.1, 0.15) is 23.2 Å². The third-order valence-electron chi connectivity index (χ3n) is 4.52. The zero-order valence-corrected chi connectivity index (χ0v) is 17.1. The number of ether oxygens (including phenoxy) is 1. The molecule has 4 rings (SSSR count). The Bertz CT molecular complexity index is 1110. The molecule has 0 aromatic heterocycles. The van der Waals surface area contributed by atoms with E-state index >= 15 is 0 Å². The first-order valence-corrected chi connectivity index (χ1v) is 10.3. The molecule has 0 bridgehead atoms. The smallest absolute Gasteiger partial charge is 0.283 e. The van der Waals surface area contributed by atoms with E-state index in [2.05, 4.69) is 10.1 Å². The Hall–Kier alpha value is -3.26. The second-order valence-electron chi connectivity index (χ2n) is 6.68. The Kier molecular flexibility index (Phi) is 5.76. The highest BCUT2D eigenvalue weighted by atomic mass is 32.2. The molecule has 0 saturated carbocycles. The largest absolute Gasteiger partial charge is 0.488 e. The number of aliphatic imine (C=N–C) groups is 1. The summed E-state index contributed by atoms with van der Waals surface area (Å²) in [6.45, 7) is 2.09. The molecule has 6 nitrogen and oxygen atoms in total. The van der Waals surface area contributed by atoms with E-state index in [0.717, 1.165) is 17.9 Å². The number of rotatable bonds is 6. The monoisotopic (exact) mass is 422 g/mol. The van der Waals surface area contributed by atoms with Crippen molar-refractivity contribution in [1.29, 1.82) is 5.41 Å². The van der Waals surface area contributed by atoms with Crippen molar-refractivity contribution in [3.05, 3.63) is 71.0 Å². The number of amidine groups is 2. The van der Waals surface area contributed by atoms with Gasteiger partial charge < -0.3 is 4.74 Å². The van der Waals surface area contributed by atoms with Crippen LogP contribution in [-0.2, 0) is 11.4 Å². The van der Waals surface area contributed by atoms with Gasteiger partial charge in [-0.15, -0.1) is 0 Å². The summed E-state index contributed by atoms with van der Waals surface area (Å²) < 4.78 is 19.7. The Balaban J connectivity index is 1.60. The van der Waals surface area contributed by atoms with Crippen LogP contribution in [0.15, 0.2) is 64.2 Å². The lowest BCUT2D eigenvalue weighted by Gasteiger charge is -2.20. The van der Waals surface area contributed by atoms with E-state index in [0.29, 0.717) is 22.0 Å². The summed E-state index contributed by atoms with van der Waals surface area (Å²) in [5.74, 6) is -0.371. The Labute approximate surface area is 177 Å². The minimum Gasteiger partial charge on any atom is -0.488 e. The second kappa shape index (κ2) is 8.62. The number of para-hydroxylation sites is 1. The normalized spacial score (nSPS) is 17.1. The molecule has 2 aliphatic rings. The molecule has 2 heterocycles. The molecule has 0 atom stereocenters. The van der Waals surface area contributed by atoms with Gasteiger partial charge in [-0.05, 0) is 42.8 Å². The fourth-order valence-corrected chi connectivity index (χ4v) is 3.99. The summed E-state index contributed by atoms with van der Waals surface area (Å²) >= 11 is 1.32. The first-order chi connectivity index (χ1) is 14.6. The molecule has 0 spiro atoms. The van der Waals surface area contributed by atoms with Crippen LogP contribution in [0, 0.1) is 11.2 Å². The van der Waals surface area contributed by atoms with Crippen LogP contribution in [0.2, 0.25) is 0 Å². The maximum atomic E-state index is 13.9. The summed E-state index contributed by atoms with van der Waals surface area (Å²) in [4.78, 5) is 16.7. The molecule has 2 aliphatic heterocycles. The van der Waals surface area contributed by atoms with Crippen molar-refractivity contribution in [2.24, 2.45) is 10.1 Å². The van der Waals surface area contributed by atoms with Crippen LogP contribution >= 0.6 is 11.8 Å². The van der Waals surface area contributed by atoms with E-state index in [1.165, 1.54) is 22.8 Å². The quantitative estimate of drug-likeness (QED) is 0.677. The van der Waals surface area contributed by atoms with Gasteiger partial charge in [-0.2, -0.15) is 15.1 Å². The molecule has 0 unspecified atom stereocenters. The molecule has 2 aromatic carbocycles. The van der Waals surface area contributed by atoms with E-state index in [1.807, 2.05) is 6.92 Å². The number of fused-ring (bicyclic) bond motifs is 1. The van der Waals surface area contributed by atoms with Crippen LogP contribution in [0.1, 0.15) is 30.9 Å². The number of hydrogen-bond acceptors (Lipinski definition) is 5. The zero-order valence-electron chi connectivity index (χ0n) is 16.3. The van der Waals surface area contributed by atoms with E-state index in [1.54, 1.807) is 48.5 Å². The van der Waals surface area contributed by atoms with E-state index in [-0.39, 0.29) is 23.8 Å². The van der Waals surface area contributed by atoms with Crippen molar-refractivity contribution in [3.8, 4) is 5.75 Å². The lowest BCUT2D eigenvalue weighted by Crippen LogP contribution is -2.35. The topological polar surface area (TPSA) is 78.1 Å². The fraction of sp³-hybridized carbons (Fsp3) is 0.182. The number of carbonyl (C=O) groups excluding carboxylic acids is 1. The number of amides is 1. The van der Waals surface area contributed by atoms with Gasteiger partial charge in [0.15, 0.2) is 5.84 Å². The van der Waals surface area contributed by atoms with Crippen LogP contribution in [0.3, 0.4) is 0 Å². The first kappa shape index (κ1) is 20.0. The Morgan fingerprint density at radius 1 is 1.20 bits per heavy atom. The van der Waals surface area contributed by atoms with Crippen LogP contribution in [0.4, 0.5) is 4.39 Å². The van der Waals surface area contributed by atoms with Crippen LogP contribution in [0.25, 0.3) is 6.08 Å². The summed E-state index contributed by atoms with van der Waals surface area (Å²) in [5, 5.41) is 15.5. The van der Waals surface area contributed by atoms with E-state index in [9.17, 15) is 9.18 Å². The van der Waals surface area contributed by atoms with Crippen molar-refractivity contribution >= 4 is 39.8 Å². The molecule has 0 saturated heterocycles. The van der Waals surface area contributed by atoms with E-state index in [4.69, 9.17) is 10.1 Å². The summed E-state index contributed by atoms with van der Waals surface area (Å²) in [5.41, 5.74) is 1.16. The molecule has 1 N–H and O–H groups in total. The van der Waals surface area contributed by atoms with E-state index < -0.39 is 5.91 Å². The highest BCUT2D eigenvalue weighted by Crippen LogP contribution is 2.31. The molecular weight excluding hydrogens is 403 g/mol. The lowest BCUT2D eigenvalue weighted by molar-refractivity contribution is -0.114. The highest BCUT2D eigenvalue weighted by Gasteiger charge is 2.35. The molecule has 8 heteroatoms. The standard InChI is InChI=1S/C22H19FN4O2S/c1-2-7-19-26-27-20(24)16(21(28)25-22(27)30-19)12-14-8-4-6-11-18(14)29-13-15-9-3-5-10-17(15)23/h3-6,8-12,24H,2,7,13H2,1H3/b16-12+,24-20?. The van der Waals surface area contributed by atoms with Crippen molar-refractivity contribution in [3.63, 3.8) is 0 Å². The maximum Gasteiger partial charge on any atom is 0.283 e. The summed E-state index contributed by atoms with van der Waals surface area (Å²) in [6, 6.07) is 13.5. The lowest BCUT2D eigenvalue weighted by atomic mass is 10.1. The molecule has 30 heavy (non-hydrogen) atoms. The number of hydrogen-bond donors (Lipinski definition) is 1. The Morgan fingerprint density at radius 3 is 2.77 bits per heavy atom. The third-order valence-corrected chi connectivity index (χ3v) is 5.49. The van der Waals surface area contributed by atoms with Crippen molar-refractivity contribution in [1.82, 2.24) is 5.01 Å². The van der Waals surface area contributed by atoms with Crippen molar-refractivity contribution in [2.45, 2.75) is 26.4 Å². The van der Waals surface area contributed by atoms with Crippen LogP contribution in [-0.4, -0.2) is 27.0 Å². The third kappa shape index (κ3) is 4.04. The first-order valence-electron chi connectivity index (χ1n) is 9.51.